The Labute approximate surface area is 94.0 Å². The topological polar surface area (TPSA) is 63.4 Å². The molecule has 1 saturated heterocycles. The summed E-state index contributed by atoms with van der Waals surface area (Å²) < 4.78 is 0. The van der Waals surface area contributed by atoms with Gasteiger partial charge < -0.3 is 5.73 Å². The third-order valence-electron chi connectivity index (χ3n) is 2.85. The Hall–Kier alpha value is -1.84. The molecule has 0 radical (unpaired) electrons. The highest BCUT2D eigenvalue weighted by Gasteiger charge is 2.35. The molecule has 84 valence electrons. The van der Waals surface area contributed by atoms with E-state index in [9.17, 15) is 9.59 Å². The molecule has 1 fully saturated rings. The van der Waals surface area contributed by atoms with Gasteiger partial charge in [0.2, 0.25) is 11.8 Å². The van der Waals surface area contributed by atoms with E-state index in [2.05, 4.69) is 0 Å². The van der Waals surface area contributed by atoms with E-state index >= 15 is 0 Å². The van der Waals surface area contributed by atoms with Gasteiger partial charge in [-0.2, -0.15) is 0 Å². The van der Waals surface area contributed by atoms with Crippen LogP contribution in [0.4, 0.5) is 5.69 Å². The lowest BCUT2D eigenvalue weighted by Gasteiger charge is -2.15. The number of hydrogen-bond donors (Lipinski definition) is 1. The highest BCUT2D eigenvalue weighted by atomic mass is 16.2. The van der Waals surface area contributed by atoms with Crippen molar-refractivity contribution in [2.24, 2.45) is 5.92 Å². The third-order valence-corrected chi connectivity index (χ3v) is 2.85. The average Bonchev–Trinajstić information content (AvgIpc) is 2.48. The molecule has 0 bridgehead atoms. The normalized spacial score (nSPS) is 20.6. The number of hydrogen-bond acceptors (Lipinski definition) is 3. The largest absolute Gasteiger partial charge is 0.398 e. The van der Waals surface area contributed by atoms with Crippen molar-refractivity contribution in [3.05, 3.63) is 29.8 Å². The van der Waals surface area contributed by atoms with Crippen molar-refractivity contribution in [3.8, 4) is 0 Å². The monoisotopic (exact) mass is 218 g/mol. The van der Waals surface area contributed by atoms with Gasteiger partial charge in [-0.1, -0.05) is 25.1 Å². The van der Waals surface area contributed by atoms with Gasteiger partial charge in [-0.05, 0) is 11.6 Å². The van der Waals surface area contributed by atoms with E-state index in [-0.39, 0.29) is 24.3 Å². The second-order valence-electron chi connectivity index (χ2n) is 4.12. The molecule has 0 aliphatic carbocycles. The quantitative estimate of drug-likeness (QED) is 0.598. The molecule has 16 heavy (non-hydrogen) atoms. The van der Waals surface area contributed by atoms with Gasteiger partial charge in [0.25, 0.3) is 0 Å². The molecule has 0 aromatic heterocycles. The highest BCUT2D eigenvalue weighted by Crippen LogP contribution is 2.22. The number of rotatable bonds is 2. The Kier molecular flexibility index (Phi) is 2.64. The second kappa shape index (κ2) is 3.96. The first-order chi connectivity index (χ1) is 7.59. The number of nitrogens with two attached hydrogens (primary N) is 1. The van der Waals surface area contributed by atoms with Crippen LogP contribution in [0.15, 0.2) is 24.3 Å². The van der Waals surface area contributed by atoms with Gasteiger partial charge in [0, 0.05) is 18.0 Å². The number of nitrogens with zero attached hydrogens (tertiary/aromatic N) is 1. The first-order valence-electron chi connectivity index (χ1n) is 5.27. The zero-order valence-corrected chi connectivity index (χ0v) is 9.14. The fourth-order valence-corrected chi connectivity index (χ4v) is 1.86. The lowest BCUT2D eigenvalue weighted by Crippen LogP contribution is -2.30. The van der Waals surface area contributed by atoms with Crippen LogP contribution in [0.25, 0.3) is 0 Å². The summed E-state index contributed by atoms with van der Waals surface area (Å²) in [4.78, 5) is 24.6. The van der Waals surface area contributed by atoms with E-state index in [4.69, 9.17) is 5.73 Å². The van der Waals surface area contributed by atoms with Crippen LogP contribution >= 0.6 is 0 Å². The summed E-state index contributed by atoms with van der Waals surface area (Å²) in [5.41, 5.74) is 7.21. The number of amides is 2. The zero-order valence-electron chi connectivity index (χ0n) is 9.14. The van der Waals surface area contributed by atoms with Gasteiger partial charge >= 0.3 is 0 Å². The fraction of sp³-hybridized carbons (Fsp3) is 0.333. The summed E-state index contributed by atoms with van der Waals surface area (Å²) in [5, 5.41) is 0. The third kappa shape index (κ3) is 1.78. The number of nitrogen functional groups attached to an aromatic ring is 1. The minimum Gasteiger partial charge on any atom is -0.398 e. The number of imide groups is 1. The Morgan fingerprint density at radius 2 is 2.06 bits per heavy atom. The molecule has 2 rings (SSSR count). The van der Waals surface area contributed by atoms with Crippen molar-refractivity contribution in [3.63, 3.8) is 0 Å². The average molecular weight is 218 g/mol. The van der Waals surface area contributed by atoms with Gasteiger partial charge in [-0.25, -0.2) is 0 Å². The first kappa shape index (κ1) is 10.7. The van der Waals surface area contributed by atoms with Crippen molar-refractivity contribution in [2.75, 3.05) is 5.73 Å². The summed E-state index contributed by atoms with van der Waals surface area (Å²) in [6.45, 7) is 2.06. The lowest BCUT2D eigenvalue weighted by atomic mass is 10.1. The van der Waals surface area contributed by atoms with Gasteiger partial charge in [0.15, 0.2) is 0 Å². The number of likely N-dealkylation sites (tertiary alicyclic amines) is 1. The minimum absolute atomic E-state index is 0.103. The van der Waals surface area contributed by atoms with Crippen molar-refractivity contribution in [2.45, 2.75) is 19.9 Å². The molecule has 1 aliphatic heterocycles. The zero-order chi connectivity index (χ0) is 11.7. The Bertz CT molecular complexity index is 442. The van der Waals surface area contributed by atoms with E-state index in [0.717, 1.165) is 5.56 Å². The standard InChI is InChI=1S/C12H14N2O2/c1-8-6-11(15)14(12(8)16)7-9-4-2-3-5-10(9)13/h2-5,8H,6-7,13H2,1H3. The molecule has 1 aromatic carbocycles. The Balaban J connectivity index is 2.20. The molecular weight excluding hydrogens is 204 g/mol. The molecule has 0 spiro atoms. The molecular formula is C12H14N2O2. The molecule has 2 amide bonds. The highest BCUT2D eigenvalue weighted by molar-refractivity contribution is 6.03. The van der Waals surface area contributed by atoms with Crippen molar-refractivity contribution in [1.82, 2.24) is 4.90 Å². The molecule has 2 N–H and O–H groups in total. The predicted octanol–water partition coefficient (Wildman–Crippen LogP) is 1.16. The molecule has 0 saturated carbocycles. The van der Waals surface area contributed by atoms with Crippen LogP contribution in [0.2, 0.25) is 0 Å². The summed E-state index contributed by atoms with van der Waals surface area (Å²) in [6.07, 6.45) is 0.311. The summed E-state index contributed by atoms with van der Waals surface area (Å²) >= 11 is 0. The Morgan fingerprint density at radius 1 is 1.38 bits per heavy atom. The van der Waals surface area contributed by atoms with Crippen LogP contribution in [0.3, 0.4) is 0 Å². The summed E-state index contributed by atoms with van der Waals surface area (Å²) in [7, 11) is 0. The molecule has 1 aromatic rings. The molecule has 1 unspecified atom stereocenters. The van der Waals surface area contributed by atoms with Crippen LogP contribution in [-0.2, 0) is 16.1 Å². The van der Waals surface area contributed by atoms with E-state index in [0.29, 0.717) is 12.1 Å². The number of anilines is 1. The van der Waals surface area contributed by atoms with Crippen LogP contribution in [0.1, 0.15) is 18.9 Å². The first-order valence-corrected chi connectivity index (χ1v) is 5.27. The van der Waals surface area contributed by atoms with Crippen LogP contribution in [0, 0.1) is 5.92 Å². The van der Waals surface area contributed by atoms with Crippen LogP contribution in [0.5, 0.6) is 0 Å². The Morgan fingerprint density at radius 3 is 2.62 bits per heavy atom. The SMILES string of the molecule is CC1CC(=O)N(Cc2ccccc2N)C1=O. The fourth-order valence-electron chi connectivity index (χ4n) is 1.86. The van der Waals surface area contributed by atoms with Crippen molar-refractivity contribution >= 4 is 17.5 Å². The predicted molar refractivity (Wildman–Crippen MR) is 60.2 cm³/mol. The molecule has 4 nitrogen and oxygen atoms in total. The summed E-state index contributed by atoms with van der Waals surface area (Å²) in [5.74, 6) is -0.411. The van der Waals surface area contributed by atoms with E-state index in [1.165, 1.54) is 4.90 Å². The molecule has 1 heterocycles. The molecule has 4 heteroatoms. The van der Waals surface area contributed by atoms with Crippen LogP contribution < -0.4 is 5.73 Å². The maximum absolute atomic E-state index is 11.7. The second-order valence-corrected chi connectivity index (χ2v) is 4.12. The van der Waals surface area contributed by atoms with E-state index < -0.39 is 0 Å². The van der Waals surface area contributed by atoms with Crippen molar-refractivity contribution < 1.29 is 9.59 Å². The number of carbonyl (C=O) groups is 2. The number of para-hydroxylation sites is 1. The van der Waals surface area contributed by atoms with E-state index in [1.54, 1.807) is 13.0 Å². The van der Waals surface area contributed by atoms with Gasteiger partial charge in [0.1, 0.15) is 0 Å². The minimum atomic E-state index is -0.197. The molecule has 1 aliphatic rings. The maximum atomic E-state index is 11.7. The molecule has 1 atom stereocenters. The van der Waals surface area contributed by atoms with Gasteiger partial charge in [-0.3, -0.25) is 14.5 Å². The lowest BCUT2D eigenvalue weighted by molar-refractivity contribution is -0.139. The van der Waals surface area contributed by atoms with Crippen LogP contribution in [-0.4, -0.2) is 16.7 Å². The maximum Gasteiger partial charge on any atom is 0.232 e. The van der Waals surface area contributed by atoms with E-state index in [1.807, 2.05) is 18.2 Å². The van der Waals surface area contributed by atoms with Crippen molar-refractivity contribution in [1.29, 1.82) is 0 Å². The number of benzene rings is 1. The number of carbonyl (C=O) groups excluding carboxylic acids is 2. The summed E-state index contributed by atoms with van der Waals surface area (Å²) in [6, 6.07) is 7.28. The van der Waals surface area contributed by atoms with Gasteiger partial charge in [-0.15, -0.1) is 0 Å². The van der Waals surface area contributed by atoms with Gasteiger partial charge in [0.05, 0.1) is 6.54 Å². The smallest absolute Gasteiger partial charge is 0.232 e.